The van der Waals surface area contributed by atoms with Gasteiger partial charge in [-0.25, -0.2) is 4.39 Å². The van der Waals surface area contributed by atoms with Gasteiger partial charge in [-0.3, -0.25) is 4.79 Å². The van der Waals surface area contributed by atoms with E-state index < -0.39 is 11.7 Å². The molecule has 0 aromatic heterocycles. The van der Waals surface area contributed by atoms with Gasteiger partial charge < -0.3 is 14.6 Å². The Bertz CT molecular complexity index is 457. The van der Waals surface area contributed by atoms with E-state index in [9.17, 15) is 9.18 Å². The summed E-state index contributed by atoms with van der Waals surface area (Å²) in [4.78, 5) is 11.9. The fraction of sp³-hybridized carbons (Fsp3) is 0.500. The van der Waals surface area contributed by atoms with Crippen molar-refractivity contribution in [3.8, 4) is 11.5 Å². The number of carbonyl (C=O) groups excluding carboxylic acids is 1. The van der Waals surface area contributed by atoms with Gasteiger partial charge in [-0.15, -0.1) is 0 Å². The quantitative estimate of drug-likeness (QED) is 0.807. The molecule has 4 nitrogen and oxygen atoms in total. The van der Waals surface area contributed by atoms with Crippen LogP contribution in [0.2, 0.25) is 0 Å². The molecule has 1 N–H and O–H groups in total. The van der Waals surface area contributed by atoms with Crippen LogP contribution in [0.3, 0.4) is 0 Å². The maximum atomic E-state index is 13.9. The van der Waals surface area contributed by atoms with Crippen molar-refractivity contribution in [2.75, 3.05) is 13.7 Å². The van der Waals surface area contributed by atoms with E-state index in [1.807, 2.05) is 0 Å². The SMILES string of the molecule is COc1c(F)cc(C(=O)[C@H](C)CO)cc1OC(C)C. The molecule has 0 aliphatic rings. The predicted octanol–water partition coefficient (Wildman–Crippen LogP) is 2.43. The Morgan fingerprint density at radius 1 is 1.37 bits per heavy atom. The first-order valence-corrected chi connectivity index (χ1v) is 6.10. The number of carbonyl (C=O) groups is 1. The van der Waals surface area contributed by atoms with E-state index >= 15 is 0 Å². The molecule has 1 aromatic carbocycles. The fourth-order valence-electron chi connectivity index (χ4n) is 1.62. The van der Waals surface area contributed by atoms with Gasteiger partial charge in [0.1, 0.15) is 0 Å². The first-order chi connectivity index (χ1) is 8.90. The van der Waals surface area contributed by atoms with Gasteiger partial charge in [-0.1, -0.05) is 6.92 Å². The van der Waals surface area contributed by atoms with Gasteiger partial charge >= 0.3 is 0 Å². The van der Waals surface area contributed by atoms with E-state index in [4.69, 9.17) is 14.6 Å². The number of ether oxygens (including phenoxy) is 2. The minimum Gasteiger partial charge on any atom is -0.490 e. The molecule has 0 amide bonds. The normalized spacial score (nSPS) is 12.4. The lowest BCUT2D eigenvalue weighted by molar-refractivity contribution is 0.0876. The minimum absolute atomic E-state index is 0.0260. The third kappa shape index (κ3) is 3.67. The summed E-state index contributed by atoms with van der Waals surface area (Å²) in [6, 6.07) is 2.54. The van der Waals surface area contributed by atoms with E-state index in [2.05, 4.69) is 0 Å². The zero-order valence-corrected chi connectivity index (χ0v) is 11.6. The van der Waals surface area contributed by atoms with Crippen LogP contribution in [0.5, 0.6) is 11.5 Å². The highest BCUT2D eigenvalue weighted by atomic mass is 19.1. The third-order valence-electron chi connectivity index (χ3n) is 2.58. The third-order valence-corrected chi connectivity index (χ3v) is 2.58. The Labute approximate surface area is 112 Å². The molecule has 1 aromatic rings. The molecule has 0 radical (unpaired) electrons. The van der Waals surface area contributed by atoms with Gasteiger partial charge in [0, 0.05) is 11.5 Å². The second kappa shape index (κ2) is 6.52. The van der Waals surface area contributed by atoms with Crippen molar-refractivity contribution in [2.24, 2.45) is 5.92 Å². The molecule has 0 saturated heterocycles. The average molecular weight is 270 g/mol. The van der Waals surface area contributed by atoms with Gasteiger partial charge in [0.25, 0.3) is 0 Å². The van der Waals surface area contributed by atoms with Crippen LogP contribution in [0.1, 0.15) is 31.1 Å². The Morgan fingerprint density at radius 2 is 2.00 bits per heavy atom. The Morgan fingerprint density at radius 3 is 2.47 bits per heavy atom. The molecule has 0 aliphatic heterocycles. The van der Waals surface area contributed by atoms with Crippen molar-refractivity contribution in [3.63, 3.8) is 0 Å². The smallest absolute Gasteiger partial charge is 0.196 e. The molecule has 19 heavy (non-hydrogen) atoms. The van der Waals surface area contributed by atoms with Gasteiger partial charge in [0.2, 0.25) is 0 Å². The van der Waals surface area contributed by atoms with E-state index in [1.54, 1.807) is 20.8 Å². The molecule has 0 fully saturated rings. The van der Waals surface area contributed by atoms with Crippen LogP contribution in [-0.2, 0) is 0 Å². The molecule has 0 saturated carbocycles. The van der Waals surface area contributed by atoms with E-state index in [1.165, 1.54) is 13.2 Å². The summed E-state index contributed by atoms with van der Waals surface area (Å²) >= 11 is 0. The summed E-state index contributed by atoms with van der Waals surface area (Å²) in [5.74, 6) is -1.42. The summed E-state index contributed by atoms with van der Waals surface area (Å²) in [5, 5.41) is 8.98. The zero-order valence-electron chi connectivity index (χ0n) is 11.6. The molecule has 0 aliphatic carbocycles. The average Bonchev–Trinajstić information content (AvgIpc) is 2.35. The number of ketones is 1. The number of Topliss-reactive ketones (excluding diaryl/α,β-unsaturated/α-hetero) is 1. The summed E-state index contributed by atoms with van der Waals surface area (Å²) in [6.07, 6.45) is -0.172. The number of benzene rings is 1. The van der Waals surface area contributed by atoms with E-state index in [-0.39, 0.29) is 35.6 Å². The van der Waals surface area contributed by atoms with Gasteiger partial charge in [-0.2, -0.15) is 0 Å². The number of aliphatic hydroxyl groups is 1. The number of hydrogen-bond donors (Lipinski definition) is 1. The number of halogens is 1. The lowest BCUT2D eigenvalue weighted by Crippen LogP contribution is -2.16. The standard InChI is InChI=1S/C14H19FO4/c1-8(2)19-12-6-10(13(17)9(3)7-16)5-11(15)14(12)18-4/h5-6,8-9,16H,7H2,1-4H3/t9-/m1/s1. The highest BCUT2D eigenvalue weighted by Gasteiger charge is 2.20. The highest BCUT2D eigenvalue weighted by Crippen LogP contribution is 2.33. The first-order valence-electron chi connectivity index (χ1n) is 6.10. The van der Waals surface area contributed by atoms with Crippen LogP contribution in [0, 0.1) is 11.7 Å². The van der Waals surface area contributed by atoms with Crippen LogP contribution in [0.15, 0.2) is 12.1 Å². The lowest BCUT2D eigenvalue weighted by atomic mass is 9.99. The lowest BCUT2D eigenvalue weighted by Gasteiger charge is -2.16. The fourth-order valence-corrected chi connectivity index (χ4v) is 1.62. The molecule has 5 heteroatoms. The second-order valence-corrected chi connectivity index (χ2v) is 4.60. The largest absolute Gasteiger partial charge is 0.490 e. The van der Waals surface area contributed by atoms with Crippen LogP contribution < -0.4 is 9.47 Å². The van der Waals surface area contributed by atoms with Crippen molar-refractivity contribution in [1.82, 2.24) is 0 Å². The molecule has 1 atom stereocenters. The molecule has 0 heterocycles. The van der Waals surface area contributed by atoms with E-state index in [0.29, 0.717) is 0 Å². The minimum atomic E-state index is -0.658. The second-order valence-electron chi connectivity index (χ2n) is 4.60. The monoisotopic (exact) mass is 270 g/mol. The molecular formula is C14H19FO4. The van der Waals surface area contributed by atoms with Crippen molar-refractivity contribution >= 4 is 5.78 Å². The molecular weight excluding hydrogens is 251 g/mol. The summed E-state index contributed by atoms with van der Waals surface area (Å²) in [5.41, 5.74) is 0.163. The van der Waals surface area contributed by atoms with Crippen LogP contribution in [-0.4, -0.2) is 30.7 Å². The maximum Gasteiger partial charge on any atom is 0.196 e. The Hall–Kier alpha value is -1.62. The van der Waals surface area contributed by atoms with Crippen LogP contribution in [0.4, 0.5) is 4.39 Å². The number of aliphatic hydroxyl groups excluding tert-OH is 1. The maximum absolute atomic E-state index is 13.9. The molecule has 106 valence electrons. The van der Waals surface area contributed by atoms with Gasteiger partial charge in [0.05, 0.1) is 19.8 Å². The number of methoxy groups -OCH3 is 1. The Balaban J connectivity index is 3.22. The van der Waals surface area contributed by atoms with Crippen LogP contribution >= 0.6 is 0 Å². The van der Waals surface area contributed by atoms with Gasteiger partial charge in [0.15, 0.2) is 23.1 Å². The topological polar surface area (TPSA) is 55.8 Å². The van der Waals surface area contributed by atoms with Crippen molar-refractivity contribution in [2.45, 2.75) is 26.9 Å². The van der Waals surface area contributed by atoms with Crippen LogP contribution in [0.25, 0.3) is 0 Å². The summed E-state index contributed by atoms with van der Waals surface area (Å²) < 4.78 is 24.2. The summed E-state index contributed by atoms with van der Waals surface area (Å²) in [6.45, 7) is 4.88. The highest BCUT2D eigenvalue weighted by molar-refractivity contribution is 5.98. The summed E-state index contributed by atoms with van der Waals surface area (Å²) in [7, 11) is 1.34. The van der Waals surface area contributed by atoms with Crippen molar-refractivity contribution < 1.29 is 23.8 Å². The number of hydrogen-bond acceptors (Lipinski definition) is 4. The molecule has 1 rings (SSSR count). The first kappa shape index (κ1) is 15.4. The van der Waals surface area contributed by atoms with Gasteiger partial charge in [-0.05, 0) is 26.0 Å². The molecule has 0 bridgehead atoms. The van der Waals surface area contributed by atoms with Crippen molar-refractivity contribution in [1.29, 1.82) is 0 Å². The van der Waals surface area contributed by atoms with E-state index in [0.717, 1.165) is 6.07 Å². The van der Waals surface area contributed by atoms with Crippen molar-refractivity contribution in [3.05, 3.63) is 23.5 Å². The molecule has 0 unspecified atom stereocenters. The number of rotatable bonds is 6. The zero-order chi connectivity index (χ0) is 14.6. The Kier molecular flexibility index (Phi) is 5.30. The predicted molar refractivity (Wildman–Crippen MR) is 69.3 cm³/mol. The molecule has 0 spiro atoms.